The first-order valence-electron chi connectivity index (χ1n) is 21.8. The molecular formula is C51H60N2O8. The van der Waals surface area contributed by atoms with Crippen molar-refractivity contribution in [1.29, 1.82) is 0 Å². The van der Waals surface area contributed by atoms with Crippen LogP contribution < -0.4 is 9.47 Å². The molecule has 322 valence electrons. The van der Waals surface area contributed by atoms with Crippen LogP contribution in [0.4, 0.5) is 4.79 Å². The van der Waals surface area contributed by atoms with Gasteiger partial charge in [-0.2, -0.15) is 0 Å². The number of hydrogen-bond acceptors (Lipinski definition) is 9. The fourth-order valence-corrected chi connectivity index (χ4v) is 9.77. The molecule has 3 aliphatic rings. The molecule has 0 aromatic heterocycles. The average molecular weight is 829 g/mol. The molecule has 1 saturated carbocycles. The zero-order valence-corrected chi connectivity index (χ0v) is 35.3. The summed E-state index contributed by atoms with van der Waals surface area (Å²) in [5.74, 6) is -0.578. The molecule has 2 N–H and O–H groups in total. The number of carbonyl (C=O) groups excluding carboxylic acids is 1. The number of aliphatic hydroxyl groups excluding tert-OH is 2. The minimum Gasteiger partial charge on any atom is -0.490 e. The van der Waals surface area contributed by atoms with Crippen LogP contribution in [0.2, 0.25) is 0 Å². The van der Waals surface area contributed by atoms with E-state index in [4.69, 9.17) is 28.9 Å². The van der Waals surface area contributed by atoms with Crippen molar-refractivity contribution in [2.24, 2.45) is 22.9 Å². The number of allylic oxidation sites excluding steroid dienone is 1. The van der Waals surface area contributed by atoms with Gasteiger partial charge in [0.1, 0.15) is 30.8 Å². The van der Waals surface area contributed by atoms with Crippen LogP contribution in [0.3, 0.4) is 0 Å². The van der Waals surface area contributed by atoms with E-state index in [2.05, 4.69) is 49.6 Å². The van der Waals surface area contributed by atoms with Crippen molar-refractivity contribution >= 4 is 22.6 Å². The molecule has 1 fully saturated rings. The first kappa shape index (κ1) is 43.7. The Hall–Kier alpha value is -5.42. The highest BCUT2D eigenvalue weighted by molar-refractivity contribution is 6.03. The molecule has 1 heterocycles. The van der Waals surface area contributed by atoms with E-state index >= 15 is 0 Å². The summed E-state index contributed by atoms with van der Waals surface area (Å²) in [6.07, 6.45) is 10.2. The van der Waals surface area contributed by atoms with E-state index in [1.54, 1.807) is 17.1 Å². The number of hydrogen-bond donors (Lipinski definition) is 2. The number of nitrogens with zero attached hydrogens (tertiary/aromatic N) is 2. The maximum absolute atomic E-state index is 14.7. The van der Waals surface area contributed by atoms with Crippen molar-refractivity contribution in [3.63, 3.8) is 0 Å². The lowest BCUT2D eigenvalue weighted by atomic mass is 9.55. The van der Waals surface area contributed by atoms with Gasteiger partial charge >= 0.3 is 6.09 Å². The fourth-order valence-electron chi connectivity index (χ4n) is 9.77. The minimum absolute atomic E-state index is 0.0716. The Bertz CT molecular complexity index is 2160. The number of benzene rings is 4. The molecule has 0 radical (unpaired) electrons. The molecule has 61 heavy (non-hydrogen) atoms. The van der Waals surface area contributed by atoms with E-state index in [0.29, 0.717) is 36.7 Å². The molecule has 2 aliphatic carbocycles. The highest BCUT2D eigenvalue weighted by Gasteiger charge is 2.65. The molecule has 7 rings (SSSR count). The highest BCUT2D eigenvalue weighted by atomic mass is 16.7. The van der Waals surface area contributed by atoms with Crippen molar-refractivity contribution < 1.29 is 38.8 Å². The van der Waals surface area contributed by atoms with Crippen molar-refractivity contribution in [1.82, 2.24) is 4.90 Å². The van der Waals surface area contributed by atoms with Crippen LogP contribution in [0.5, 0.6) is 11.5 Å². The zero-order chi connectivity index (χ0) is 42.6. The minimum atomic E-state index is -1.43. The predicted octanol–water partition coefficient (Wildman–Crippen LogP) is 9.90. The highest BCUT2D eigenvalue weighted by Crippen LogP contribution is 2.62. The molecule has 1 aliphatic heterocycles. The third kappa shape index (κ3) is 9.57. The van der Waals surface area contributed by atoms with Gasteiger partial charge in [0.25, 0.3) is 0 Å². The number of carbonyl (C=O) groups is 1. The molecular weight excluding hydrogens is 769 g/mol. The van der Waals surface area contributed by atoms with Gasteiger partial charge in [-0.1, -0.05) is 116 Å². The summed E-state index contributed by atoms with van der Waals surface area (Å²) in [5, 5.41) is 27.0. The molecule has 10 nitrogen and oxygen atoms in total. The van der Waals surface area contributed by atoms with Crippen molar-refractivity contribution in [3.05, 3.63) is 145 Å². The van der Waals surface area contributed by atoms with E-state index in [0.717, 1.165) is 58.7 Å². The van der Waals surface area contributed by atoms with Gasteiger partial charge in [0.05, 0.1) is 31.4 Å². The number of oxime groups is 1. The summed E-state index contributed by atoms with van der Waals surface area (Å²) < 4.78 is 26.6. The number of rotatable bonds is 21. The molecule has 0 bridgehead atoms. The van der Waals surface area contributed by atoms with Crippen LogP contribution in [-0.2, 0) is 27.5 Å². The van der Waals surface area contributed by atoms with Gasteiger partial charge in [0.15, 0.2) is 0 Å². The van der Waals surface area contributed by atoms with Gasteiger partial charge in [-0.15, -0.1) is 6.58 Å². The Balaban J connectivity index is 1.47. The summed E-state index contributed by atoms with van der Waals surface area (Å²) in [7, 11) is 0. The van der Waals surface area contributed by atoms with Crippen LogP contribution in [0, 0.1) is 17.8 Å². The van der Waals surface area contributed by atoms with Gasteiger partial charge in [0, 0.05) is 31.1 Å². The van der Waals surface area contributed by atoms with Gasteiger partial charge < -0.3 is 34.0 Å². The standard InChI is InChI=1S/C51H60N2O8/c1-4-29-58-40-25-26-46-44(32-40)48-42(24-13-15-28-55)38(20-12-14-27-54)31-43-45(52-60-35-36-17-8-7-9-18-36)33-47(51(61-46,49(43)48)59-30-5-2)53(50(56)57-6-3)34-39-22-16-21-37-19-10-11-23-41(37)39/h4-5,7-11,16-19,21-23,25-26,31-32,38,42,47-49,54-55H,1-2,6,12-15,20,24,27-30,33-35H2,3H3/t38-,42+,47-,48+,49+,51+/m0/s1. The lowest BCUT2D eigenvalue weighted by Crippen LogP contribution is -2.70. The van der Waals surface area contributed by atoms with Crippen molar-refractivity contribution in [2.75, 3.05) is 33.0 Å². The van der Waals surface area contributed by atoms with Crippen LogP contribution in [0.1, 0.15) is 74.5 Å². The van der Waals surface area contributed by atoms with Gasteiger partial charge in [0.2, 0.25) is 5.79 Å². The predicted molar refractivity (Wildman–Crippen MR) is 238 cm³/mol. The van der Waals surface area contributed by atoms with E-state index in [1.807, 2.05) is 67.6 Å². The quantitative estimate of drug-likeness (QED) is 0.0484. The monoisotopic (exact) mass is 828 g/mol. The third-order valence-corrected chi connectivity index (χ3v) is 12.4. The van der Waals surface area contributed by atoms with Crippen molar-refractivity contribution in [2.45, 2.75) is 82.8 Å². The van der Waals surface area contributed by atoms with Crippen LogP contribution in [0.25, 0.3) is 10.8 Å². The van der Waals surface area contributed by atoms with Gasteiger partial charge in [-0.3, -0.25) is 4.90 Å². The zero-order valence-electron chi connectivity index (χ0n) is 35.3. The number of amides is 1. The van der Waals surface area contributed by atoms with E-state index < -0.39 is 23.8 Å². The van der Waals surface area contributed by atoms with Crippen LogP contribution in [-0.4, -0.2) is 71.8 Å². The summed E-state index contributed by atoms with van der Waals surface area (Å²) in [5.41, 5.74) is 4.60. The summed E-state index contributed by atoms with van der Waals surface area (Å²) in [6.45, 7) is 11.1. The largest absolute Gasteiger partial charge is 0.490 e. The molecule has 4 aromatic rings. The van der Waals surface area contributed by atoms with Crippen molar-refractivity contribution in [3.8, 4) is 11.5 Å². The normalized spacial score (nSPS) is 23.2. The summed E-state index contributed by atoms with van der Waals surface area (Å²) in [6, 6.07) is 29.4. The lowest BCUT2D eigenvalue weighted by Gasteiger charge is -2.59. The van der Waals surface area contributed by atoms with E-state index in [1.165, 1.54) is 0 Å². The second kappa shape index (κ2) is 20.9. The fraction of sp³-hybridized carbons (Fsp3) is 0.412. The first-order valence-corrected chi connectivity index (χ1v) is 21.8. The summed E-state index contributed by atoms with van der Waals surface area (Å²) in [4.78, 5) is 22.7. The second-order valence-electron chi connectivity index (χ2n) is 16.1. The average Bonchev–Trinajstić information content (AvgIpc) is 3.28. The van der Waals surface area contributed by atoms with Gasteiger partial charge in [-0.05, 0) is 90.1 Å². The molecule has 10 heteroatoms. The van der Waals surface area contributed by atoms with E-state index in [-0.39, 0.29) is 63.8 Å². The Kier molecular flexibility index (Phi) is 15.0. The lowest BCUT2D eigenvalue weighted by molar-refractivity contribution is -0.256. The number of fused-ring (bicyclic) bond motifs is 3. The van der Waals surface area contributed by atoms with Gasteiger partial charge in [-0.25, -0.2) is 4.79 Å². The number of aliphatic hydroxyl groups is 2. The smallest absolute Gasteiger partial charge is 0.410 e. The summed E-state index contributed by atoms with van der Waals surface area (Å²) >= 11 is 0. The molecule has 0 spiro atoms. The molecule has 0 unspecified atom stereocenters. The molecule has 1 amide bonds. The number of ether oxygens (including phenoxy) is 4. The van der Waals surface area contributed by atoms with E-state index in [9.17, 15) is 15.0 Å². The topological polar surface area (TPSA) is 119 Å². The Labute approximate surface area is 360 Å². The third-order valence-electron chi connectivity index (χ3n) is 12.4. The first-order chi connectivity index (χ1) is 30.0. The maximum Gasteiger partial charge on any atom is 0.410 e. The maximum atomic E-state index is 14.7. The second-order valence-corrected chi connectivity index (χ2v) is 16.1. The molecule has 4 aromatic carbocycles. The van der Waals surface area contributed by atoms with Crippen LogP contribution >= 0.6 is 0 Å². The Morgan fingerprint density at radius 1 is 0.918 bits per heavy atom. The SMILES string of the molecule is C=CCOc1ccc2c(c1)[C@H]1[C@H](CCCCO)[C@@H](CCCCO)C=C3C(=NOCc4ccccc4)C[C@H](N(Cc4cccc5ccccc45)C(=O)OCC)[C@@](OCC=C)(O2)[C@H]31. The molecule has 6 atom stereocenters. The number of unbranched alkanes of at least 4 members (excludes halogenated alkanes) is 2. The van der Waals surface area contributed by atoms with Crippen LogP contribution in [0.15, 0.2) is 133 Å². The Morgan fingerprint density at radius 3 is 2.44 bits per heavy atom. The Morgan fingerprint density at radius 2 is 1.67 bits per heavy atom. The molecule has 0 saturated heterocycles.